The molecule has 0 atom stereocenters. The lowest BCUT2D eigenvalue weighted by Crippen LogP contribution is -1.94. The molecule has 0 aliphatic rings. The lowest BCUT2D eigenvalue weighted by atomic mass is 10.1. The average molecular weight is 239 g/mol. The summed E-state index contributed by atoms with van der Waals surface area (Å²) in [4.78, 5) is 0. The minimum atomic E-state index is 0.197. The van der Waals surface area contributed by atoms with Crippen molar-refractivity contribution < 1.29 is 9.84 Å². The molecule has 0 saturated heterocycles. The Labute approximate surface area is 105 Å². The molecule has 0 heterocycles. The van der Waals surface area contributed by atoms with Crippen LogP contribution in [-0.2, 0) is 0 Å². The van der Waals surface area contributed by atoms with Crippen LogP contribution in [0.4, 0.5) is 11.4 Å². The van der Waals surface area contributed by atoms with Crippen LogP contribution in [0.15, 0.2) is 36.4 Å². The molecule has 2 aromatic rings. The van der Waals surface area contributed by atoms with Gasteiger partial charge < -0.3 is 15.2 Å². The molecule has 0 amide bonds. The standard InChI is InChI=1S/C14H11N2O2/c1-18-13-6-7-14(10(8-13)9-15)16-11-2-4-12(17)5-3-11/h2-5,7-8,16-17H,1H3. The van der Waals surface area contributed by atoms with Crippen molar-refractivity contribution in [1.82, 2.24) is 0 Å². The number of methoxy groups -OCH3 is 1. The third-order valence-corrected chi connectivity index (χ3v) is 2.41. The zero-order chi connectivity index (χ0) is 13.0. The molecule has 0 spiro atoms. The van der Waals surface area contributed by atoms with Gasteiger partial charge in [-0.15, -0.1) is 0 Å². The second kappa shape index (κ2) is 5.11. The van der Waals surface area contributed by atoms with Crippen molar-refractivity contribution in [2.24, 2.45) is 0 Å². The predicted octanol–water partition coefficient (Wildman–Crippen LogP) is 2.82. The summed E-state index contributed by atoms with van der Waals surface area (Å²) >= 11 is 0. The lowest BCUT2D eigenvalue weighted by molar-refractivity contribution is 0.414. The van der Waals surface area contributed by atoms with Gasteiger partial charge in [0.05, 0.1) is 18.4 Å². The number of anilines is 2. The van der Waals surface area contributed by atoms with Crippen LogP contribution in [-0.4, -0.2) is 12.2 Å². The van der Waals surface area contributed by atoms with Gasteiger partial charge in [-0.2, -0.15) is 5.26 Å². The molecule has 0 saturated carbocycles. The number of nitriles is 1. The molecule has 0 aliphatic heterocycles. The fraction of sp³-hybridized carbons (Fsp3) is 0.0714. The number of nitrogens with zero attached hydrogens (tertiary/aromatic N) is 1. The van der Waals surface area contributed by atoms with Crippen molar-refractivity contribution in [2.75, 3.05) is 12.4 Å². The second-order valence-corrected chi connectivity index (χ2v) is 3.61. The minimum Gasteiger partial charge on any atom is -0.508 e. The summed E-state index contributed by atoms with van der Waals surface area (Å²) in [5.41, 5.74) is 1.89. The van der Waals surface area contributed by atoms with E-state index in [1.54, 1.807) is 36.4 Å². The van der Waals surface area contributed by atoms with Gasteiger partial charge in [0.15, 0.2) is 0 Å². The third-order valence-electron chi connectivity index (χ3n) is 2.41. The van der Waals surface area contributed by atoms with Gasteiger partial charge in [0.1, 0.15) is 17.6 Å². The van der Waals surface area contributed by atoms with E-state index in [0.717, 1.165) is 5.69 Å². The van der Waals surface area contributed by atoms with Crippen LogP contribution >= 0.6 is 0 Å². The SMILES string of the molecule is COc1[c]cc(Nc2ccc(O)cc2)c(C#N)c1. The molecule has 2 rings (SSSR count). The van der Waals surface area contributed by atoms with Crippen molar-refractivity contribution in [3.63, 3.8) is 0 Å². The predicted molar refractivity (Wildman–Crippen MR) is 67.9 cm³/mol. The number of nitrogens with one attached hydrogen (secondary N) is 1. The van der Waals surface area contributed by atoms with Gasteiger partial charge in [-0.05, 0) is 30.3 Å². The largest absolute Gasteiger partial charge is 0.508 e. The zero-order valence-electron chi connectivity index (χ0n) is 9.77. The Hall–Kier alpha value is -2.67. The molecule has 0 bridgehead atoms. The molecule has 0 unspecified atom stereocenters. The van der Waals surface area contributed by atoms with Gasteiger partial charge in [-0.25, -0.2) is 0 Å². The Morgan fingerprint density at radius 2 is 2.06 bits per heavy atom. The van der Waals surface area contributed by atoms with E-state index in [-0.39, 0.29) is 5.75 Å². The maximum absolute atomic E-state index is 9.19. The summed E-state index contributed by atoms with van der Waals surface area (Å²) < 4.78 is 5.01. The number of ether oxygens (including phenoxy) is 1. The van der Waals surface area contributed by atoms with Crippen LogP contribution in [0.1, 0.15) is 5.56 Å². The smallest absolute Gasteiger partial charge is 0.128 e. The van der Waals surface area contributed by atoms with Gasteiger partial charge >= 0.3 is 0 Å². The van der Waals surface area contributed by atoms with E-state index in [4.69, 9.17) is 10.00 Å². The molecule has 2 aromatic carbocycles. The molecule has 1 radical (unpaired) electrons. The number of phenolic OH excluding ortho intramolecular Hbond substituents is 1. The highest BCUT2D eigenvalue weighted by molar-refractivity contribution is 5.67. The number of aromatic hydroxyl groups is 1. The first-order valence-corrected chi connectivity index (χ1v) is 5.29. The summed E-state index contributed by atoms with van der Waals surface area (Å²) in [7, 11) is 1.53. The average Bonchev–Trinajstić information content (AvgIpc) is 2.41. The van der Waals surface area contributed by atoms with Crippen LogP contribution in [0.25, 0.3) is 0 Å². The summed E-state index contributed by atoms with van der Waals surface area (Å²) in [5.74, 6) is 0.713. The van der Waals surface area contributed by atoms with E-state index in [2.05, 4.69) is 17.5 Å². The first kappa shape index (κ1) is 11.8. The molecular formula is C14H11N2O2. The summed E-state index contributed by atoms with van der Waals surface area (Å²) in [6.07, 6.45) is 0. The number of benzene rings is 2. The maximum Gasteiger partial charge on any atom is 0.128 e. The van der Waals surface area contributed by atoms with Crippen molar-refractivity contribution in [2.45, 2.75) is 0 Å². The molecule has 4 heteroatoms. The maximum atomic E-state index is 9.19. The van der Waals surface area contributed by atoms with Gasteiger partial charge in [0.2, 0.25) is 0 Å². The van der Waals surface area contributed by atoms with E-state index in [1.165, 1.54) is 7.11 Å². The zero-order valence-corrected chi connectivity index (χ0v) is 9.77. The molecule has 0 fully saturated rings. The Bertz CT molecular complexity index is 586. The fourth-order valence-corrected chi connectivity index (χ4v) is 1.49. The fourth-order valence-electron chi connectivity index (χ4n) is 1.49. The molecule has 4 nitrogen and oxygen atoms in total. The second-order valence-electron chi connectivity index (χ2n) is 3.61. The van der Waals surface area contributed by atoms with Gasteiger partial charge in [0, 0.05) is 17.8 Å². The van der Waals surface area contributed by atoms with Gasteiger partial charge in [-0.3, -0.25) is 0 Å². The van der Waals surface area contributed by atoms with E-state index < -0.39 is 0 Å². The highest BCUT2D eigenvalue weighted by atomic mass is 16.5. The highest BCUT2D eigenvalue weighted by Gasteiger charge is 2.04. The van der Waals surface area contributed by atoms with Crippen LogP contribution in [0, 0.1) is 17.4 Å². The van der Waals surface area contributed by atoms with Crippen molar-refractivity contribution in [3.8, 4) is 17.6 Å². The molecular weight excluding hydrogens is 228 g/mol. The molecule has 0 aliphatic carbocycles. The topological polar surface area (TPSA) is 65.3 Å². The monoisotopic (exact) mass is 239 g/mol. The van der Waals surface area contributed by atoms with Crippen molar-refractivity contribution in [3.05, 3.63) is 48.0 Å². The number of hydrogen-bond acceptors (Lipinski definition) is 4. The Kier molecular flexibility index (Phi) is 3.35. The lowest BCUT2D eigenvalue weighted by Gasteiger charge is -2.09. The van der Waals surface area contributed by atoms with Crippen LogP contribution < -0.4 is 10.1 Å². The quantitative estimate of drug-likeness (QED) is 0.808. The van der Waals surface area contributed by atoms with Crippen LogP contribution in [0.2, 0.25) is 0 Å². The van der Waals surface area contributed by atoms with E-state index >= 15 is 0 Å². The Morgan fingerprint density at radius 1 is 1.33 bits per heavy atom. The number of phenols is 1. The van der Waals surface area contributed by atoms with Gasteiger partial charge in [0.25, 0.3) is 0 Å². The van der Waals surface area contributed by atoms with Gasteiger partial charge in [-0.1, -0.05) is 0 Å². The molecule has 0 aromatic heterocycles. The number of hydrogen-bond donors (Lipinski definition) is 2. The number of rotatable bonds is 3. The Balaban J connectivity index is 2.29. The van der Waals surface area contributed by atoms with Crippen molar-refractivity contribution >= 4 is 11.4 Å². The molecule has 18 heavy (non-hydrogen) atoms. The first-order valence-electron chi connectivity index (χ1n) is 5.29. The molecule has 89 valence electrons. The summed E-state index contributed by atoms with van der Waals surface area (Å²) in [6.45, 7) is 0. The van der Waals surface area contributed by atoms with E-state index in [1.807, 2.05) is 0 Å². The van der Waals surface area contributed by atoms with Crippen LogP contribution in [0.3, 0.4) is 0 Å². The van der Waals surface area contributed by atoms with E-state index in [0.29, 0.717) is 17.0 Å². The summed E-state index contributed by atoms with van der Waals surface area (Å²) in [5, 5.41) is 21.3. The Morgan fingerprint density at radius 3 is 2.67 bits per heavy atom. The van der Waals surface area contributed by atoms with Crippen LogP contribution in [0.5, 0.6) is 11.5 Å². The minimum absolute atomic E-state index is 0.197. The first-order chi connectivity index (χ1) is 8.72. The third kappa shape index (κ3) is 2.53. The van der Waals surface area contributed by atoms with Crippen molar-refractivity contribution in [1.29, 1.82) is 5.26 Å². The normalized spacial score (nSPS) is 9.56. The highest BCUT2D eigenvalue weighted by Crippen LogP contribution is 2.25. The molecule has 2 N–H and O–H groups in total. The summed E-state index contributed by atoms with van der Waals surface area (Å²) in [6, 6.07) is 14.9. The van der Waals surface area contributed by atoms with E-state index in [9.17, 15) is 5.11 Å².